The number of Topliss-reactive ketones (excluding diaryl/α,β-unsaturated/α-hetero) is 1. The second-order valence-electron chi connectivity index (χ2n) is 5.52. The average molecular weight is 446 g/mol. The summed E-state index contributed by atoms with van der Waals surface area (Å²) in [6.07, 6.45) is -0.909. The van der Waals surface area contributed by atoms with E-state index in [2.05, 4.69) is 20.9 Å². The topological polar surface area (TPSA) is 76.5 Å². The van der Waals surface area contributed by atoms with E-state index in [-0.39, 0.29) is 35.3 Å². The molecule has 2 aromatic rings. The van der Waals surface area contributed by atoms with Crippen molar-refractivity contribution >= 4 is 27.7 Å². The molecule has 0 unspecified atom stereocenters. The summed E-state index contributed by atoms with van der Waals surface area (Å²) in [4.78, 5) is 27.5. The minimum Gasteiger partial charge on any atom is -0.504 e. The van der Waals surface area contributed by atoms with Gasteiger partial charge in [0.25, 0.3) is 0 Å². The minimum absolute atomic E-state index is 0.0301. The number of nitrogens with zero attached hydrogens (tertiary/aromatic N) is 1. The van der Waals surface area contributed by atoms with Crippen molar-refractivity contribution < 1.29 is 32.6 Å². The molecule has 0 radical (unpaired) electrons. The van der Waals surface area contributed by atoms with Crippen LogP contribution in [0.25, 0.3) is 0 Å². The van der Waals surface area contributed by atoms with Crippen molar-refractivity contribution in [2.24, 2.45) is 0 Å². The van der Waals surface area contributed by atoms with Crippen LogP contribution < -0.4 is 0 Å². The third-order valence-electron chi connectivity index (χ3n) is 3.62. The van der Waals surface area contributed by atoms with Gasteiger partial charge in [-0.2, -0.15) is 0 Å². The molecule has 0 saturated carbocycles. The number of hydrogen-bond acceptors (Lipinski definition) is 5. The van der Waals surface area contributed by atoms with Gasteiger partial charge in [-0.05, 0) is 41.1 Å². The second kappa shape index (κ2) is 8.98. The van der Waals surface area contributed by atoms with Gasteiger partial charge in [0.2, 0.25) is 0 Å². The van der Waals surface area contributed by atoms with E-state index in [0.29, 0.717) is 6.07 Å². The number of benzene rings is 1. The SMILES string of the molecule is CCOC(=O)CCC(=O)c1nc(Cc2c(F)ccc(F)c2F)cc(Br)c1O. The van der Waals surface area contributed by atoms with E-state index in [1.54, 1.807) is 6.92 Å². The van der Waals surface area contributed by atoms with E-state index in [0.717, 1.165) is 6.07 Å². The first-order chi connectivity index (χ1) is 12.7. The van der Waals surface area contributed by atoms with E-state index >= 15 is 0 Å². The third-order valence-corrected chi connectivity index (χ3v) is 4.23. The first-order valence-electron chi connectivity index (χ1n) is 7.94. The number of halogens is 4. The first kappa shape index (κ1) is 20.9. The molecule has 27 heavy (non-hydrogen) atoms. The van der Waals surface area contributed by atoms with Crippen LogP contribution in [0.4, 0.5) is 13.2 Å². The fourth-order valence-electron chi connectivity index (χ4n) is 2.32. The molecule has 1 aromatic heterocycles. The van der Waals surface area contributed by atoms with Crippen LogP contribution in [0, 0.1) is 17.5 Å². The van der Waals surface area contributed by atoms with E-state index in [1.807, 2.05) is 0 Å². The Kier molecular flexibility index (Phi) is 6.95. The van der Waals surface area contributed by atoms with E-state index in [4.69, 9.17) is 4.74 Å². The number of rotatable bonds is 7. The van der Waals surface area contributed by atoms with Crippen LogP contribution >= 0.6 is 15.9 Å². The molecule has 1 heterocycles. The third kappa shape index (κ3) is 5.06. The zero-order chi connectivity index (χ0) is 20.1. The lowest BCUT2D eigenvalue weighted by atomic mass is 10.1. The maximum absolute atomic E-state index is 13.8. The largest absolute Gasteiger partial charge is 0.504 e. The summed E-state index contributed by atoms with van der Waals surface area (Å²) in [7, 11) is 0. The Hall–Kier alpha value is -2.42. The van der Waals surface area contributed by atoms with Crippen LogP contribution in [-0.4, -0.2) is 28.4 Å². The van der Waals surface area contributed by atoms with Gasteiger partial charge in [0.15, 0.2) is 23.2 Å². The number of carbonyl (C=O) groups excluding carboxylic acids is 2. The number of ether oxygens (including phenoxy) is 1. The molecular formula is C18H15BrF3NO4. The minimum atomic E-state index is -1.35. The highest BCUT2D eigenvalue weighted by Gasteiger charge is 2.21. The van der Waals surface area contributed by atoms with Crippen LogP contribution in [0.1, 0.15) is 41.5 Å². The number of aromatic hydroxyl groups is 1. The highest BCUT2D eigenvalue weighted by atomic mass is 79.9. The normalized spacial score (nSPS) is 10.7. The van der Waals surface area contributed by atoms with Crippen LogP contribution in [0.3, 0.4) is 0 Å². The van der Waals surface area contributed by atoms with Gasteiger partial charge in [0, 0.05) is 24.1 Å². The molecule has 0 atom stereocenters. The van der Waals surface area contributed by atoms with Gasteiger partial charge < -0.3 is 9.84 Å². The Morgan fingerprint density at radius 2 is 1.85 bits per heavy atom. The molecule has 0 amide bonds. The zero-order valence-electron chi connectivity index (χ0n) is 14.2. The van der Waals surface area contributed by atoms with Gasteiger partial charge in [-0.3, -0.25) is 9.59 Å². The Morgan fingerprint density at radius 1 is 1.19 bits per heavy atom. The molecule has 0 aliphatic rings. The summed E-state index contributed by atoms with van der Waals surface area (Å²) in [5, 5.41) is 10.0. The standard InChI is InChI=1S/C18H15BrF3NO4/c1-2-27-15(25)6-5-14(24)17-18(26)11(19)8-9(23-17)7-10-12(20)3-4-13(21)16(10)22/h3-4,8,26H,2,5-7H2,1H3. The second-order valence-corrected chi connectivity index (χ2v) is 6.37. The van der Waals surface area contributed by atoms with E-state index < -0.39 is 46.9 Å². The quantitative estimate of drug-likeness (QED) is 0.394. The summed E-state index contributed by atoms with van der Waals surface area (Å²) < 4.78 is 45.8. The molecule has 9 heteroatoms. The Labute approximate surface area is 161 Å². The zero-order valence-corrected chi connectivity index (χ0v) is 15.8. The van der Waals surface area contributed by atoms with Crippen molar-refractivity contribution in [2.75, 3.05) is 6.61 Å². The van der Waals surface area contributed by atoms with E-state index in [9.17, 15) is 27.9 Å². The average Bonchev–Trinajstić information content (AvgIpc) is 2.63. The Balaban J connectivity index is 2.29. The molecule has 1 aromatic carbocycles. The van der Waals surface area contributed by atoms with Crippen molar-refractivity contribution in [3.63, 3.8) is 0 Å². The smallest absolute Gasteiger partial charge is 0.306 e. The van der Waals surface area contributed by atoms with Crippen LogP contribution in [0.2, 0.25) is 0 Å². The molecule has 5 nitrogen and oxygen atoms in total. The van der Waals surface area contributed by atoms with E-state index in [1.165, 1.54) is 6.07 Å². The lowest BCUT2D eigenvalue weighted by molar-refractivity contribution is -0.143. The maximum atomic E-state index is 13.8. The van der Waals surface area contributed by atoms with Gasteiger partial charge in [-0.15, -0.1) is 0 Å². The number of pyridine rings is 1. The number of esters is 1. The molecule has 0 fully saturated rings. The van der Waals surface area contributed by atoms with Crippen LogP contribution in [0.5, 0.6) is 5.75 Å². The van der Waals surface area contributed by atoms with Crippen molar-refractivity contribution in [1.82, 2.24) is 4.98 Å². The van der Waals surface area contributed by atoms with Crippen molar-refractivity contribution in [2.45, 2.75) is 26.2 Å². The number of ketones is 1. The van der Waals surface area contributed by atoms with Crippen molar-refractivity contribution in [3.8, 4) is 5.75 Å². The maximum Gasteiger partial charge on any atom is 0.306 e. The lowest BCUT2D eigenvalue weighted by Crippen LogP contribution is -2.11. The summed E-state index contributed by atoms with van der Waals surface area (Å²) in [6, 6.07) is 2.72. The number of aromatic nitrogens is 1. The predicted octanol–water partition coefficient (Wildman–Crippen LogP) is 4.08. The fourth-order valence-corrected chi connectivity index (χ4v) is 2.77. The van der Waals surface area contributed by atoms with Crippen molar-refractivity contribution in [3.05, 3.63) is 57.1 Å². The summed E-state index contributed by atoms with van der Waals surface area (Å²) >= 11 is 3.04. The van der Waals surface area contributed by atoms with Crippen LogP contribution in [0.15, 0.2) is 22.7 Å². The number of carbonyl (C=O) groups is 2. The molecule has 0 spiro atoms. The predicted molar refractivity (Wildman–Crippen MR) is 92.9 cm³/mol. The highest BCUT2D eigenvalue weighted by molar-refractivity contribution is 9.10. The molecule has 0 bridgehead atoms. The Morgan fingerprint density at radius 3 is 2.52 bits per heavy atom. The Bertz CT molecular complexity index is 889. The highest BCUT2D eigenvalue weighted by Crippen LogP contribution is 2.30. The van der Waals surface area contributed by atoms with Crippen LogP contribution in [-0.2, 0) is 16.0 Å². The molecule has 0 saturated heterocycles. The molecule has 0 aliphatic carbocycles. The van der Waals surface area contributed by atoms with Gasteiger partial charge >= 0.3 is 5.97 Å². The lowest BCUT2D eigenvalue weighted by Gasteiger charge is -2.10. The van der Waals surface area contributed by atoms with Gasteiger partial charge in [-0.25, -0.2) is 18.2 Å². The summed E-state index contributed by atoms with van der Waals surface area (Å²) in [6.45, 7) is 1.79. The first-order valence-corrected chi connectivity index (χ1v) is 8.73. The van der Waals surface area contributed by atoms with Crippen molar-refractivity contribution in [1.29, 1.82) is 0 Å². The fraction of sp³-hybridized carbons (Fsp3) is 0.278. The molecule has 1 N–H and O–H groups in total. The van der Waals surface area contributed by atoms with Gasteiger partial charge in [0.05, 0.1) is 17.5 Å². The molecule has 144 valence electrons. The molecule has 2 rings (SSSR count). The van der Waals surface area contributed by atoms with Gasteiger partial charge in [0.1, 0.15) is 11.5 Å². The van der Waals surface area contributed by atoms with Gasteiger partial charge in [-0.1, -0.05) is 0 Å². The summed E-state index contributed by atoms with van der Waals surface area (Å²) in [5.41, 5.74) is -0.881. The molecular weight excluding hydrogens is 431 g/mol. The molecule has 0 aliphatic heterocycles. The monoisotopic (exact) mass is 445 g/mol. The number of hydrogen-bond donors (Lipinski definition) is 1. The summed E-state index contributed by atoms with van der Waals surface area (Å²) in [5.74, 6) is -5.22.